The van der Waals surface area contributed by atoms with Crippen LogP contribution in [0.5, 0.6) is 0 Å². The average Bonchev–Trinajstić information content (AvgIpc) is 3.01. The molecule has 4 rings (SSSR count). The van der Waals surface area contributed by atoms with Crippen molar-refractivity contribution in [3.05, 3.63) is 52.8 Å². The monoisotopic (exact) mass is 340 g/mol. The van der Waals surface area contributed by atoms with Crippen molar-refractivity contribution < 1.29 is 0 Å². The summed E-state index contributed by atoms with van der Waals surface area (Å²) in [6.45, 7) is 8.28. The van der Waals surface area contributed by atoms with Crippen molar-refractivity contribution >= 4 is 22.9 Å². The van der Waals surface area contributed by atoms with Crippen LogP contribution in [0.2, 0.25) is 5.02 Å². The number of fused-ring (bicyclic) bond motifs is 1. The van der Waals surface area contributed by atoms with Gasteiger partial charge in [0.15, 0.2) is 0 Å². The topological polar surface area (TPSA) is 32.6 Å². The molecule has 1 aliphatic heterocycles. The van der Waals surface area contributed by atoms with E-state index in [-0.39, 0.29) is 0 Å². The molecule has 0 unspecified atom stereocenters. The van der Waals surface area contributed by atoms with Gasteiger partial charge < -0.3 is 14.6 Å². The summed E-state index contributed by atoms with van der Waals surface area (Å²) in [6.07, 6.45) is 4.17. The minimum absolute atomic E-state index is 0.786. The molecule has 124 valence electrons. The number of nitrogens with one attached hydrogen (secondary N) is 1. The number of rotatable bonds is 2. The highest BCUT2D eigenvalue weighted by atomic mass is 35.5. The predicted molar refractivity (Wildman–Crippen MR) is 100 cm³/mol. The van der Waals surface area contributed by atoms with Crippen LogP contribution in [0.15, 0.2) is 36.7 Å². The Morgan fingerprint density at radius 1 is 1.08 bits per heavy atom. The third-order valence-corrected chi connectivity index (χ3v) is 5.11. The molecule has 4 nitrogen and oxygen atoms in total. The Morgan fingerprint density at radius 2 is 1.88 bits per heavy atom. The summed E-state index contributed by atoms with van der Waals surface area (Å²) < 4.78 is 2.08. The van der Waals surface area contributed by atoms with Crippen LogP contribution in [0.25, 0.3) is 16.9 Å². The van der Waals surface area contributed by atoms with Crippen LogP contribution in [-0.2, 0) is 0 Å². The number of hydrogen-bond acceptors (Lipinski definition) is 3. The van der Waals surface area contributed by atoms with Crippen LogP contribution in [0, 0.1) is 13.8 Å². The number of anilines is 1. The lowest BCUT2D eigenvalue weighted by Gasteiger charge is -2.29. The van der Waals surface area contributed by atoms with Gasteiger partial charge in [-0.25, -0.2) is 4.98 Å². The van der Waals surface area contributed by atoms with E-state index < -0.39 is 0 Å². The van der Waals surface area contributed by atoms with Gasteiger partial charge in [-0.2, -0.15) is 0 Å². The highest BCUT2D eigenvalue weighted by molar-refractivity contribution is 6.31. The van der Waals surface area contributed by atoms with Crippen molar-refractivity contribution in [1.29, 1.82) is 0 Å². The van der Waals surface area contributed by atoms with Gasteiger partial charge in [0.25, 0.3) is 0 Å². The Hall–Kier alpha value is -2.04. The van der Waals surface area contributed by atoms with Crippen molar-refractivity contribution in [3.63, 3.8) is 0 Å². The zero-order valence-corrected chi connectivity index (χ0v) is 14.8. The number of hydrogen-bond donors (Lipinski definition) is 1. The molecular formula is C19H21ClN4. The molecule has 5 heteroatoms. The molecule has 3 aromatic rings. The van der Waals surface area contributed by atoms with Gasteiger partial charge in [0.05, 0.1) is 5.69 Å². The fourth-order valence-corrected chi connectivity index (χ4v) is 3.49. The van der Waals surface area contributed by atoms with E-state index in [1.807, 2.05) is 13.0 Å². The molecule has 0 amide bonds. The van der Waals surface area contributed by atoms with Gasteiger partial charge in [-0.1, -0.05) is 17.7 Å². The summed E-state index contributed by atoms with van der Waals surface area (Å²) >= 11 is 6.31. The second-order valence-electron chi connectivity index (χ2n) is 6.43. The number of nitrogens with zero attached hydrogens (tertiary/aromatic N) is 3. The van der Waals surface area contributed by atoms with Crippen molar-refractivity contribution in [2.75, 3.05) is 31.1 Å². The normalized spacial score (nSPS) is 15.2. The van der Waals surface area contributed by atoms with Gasteiger partial charge >= 0.3 is 0 Å². The first kappa shape index (κ1) is 15.5. The quantitative estimate of drug-likeness (QED) is 0.772. The molecule has 1 N–H and O–H groups in total. The standard InChI is InChI=1S/C19H21ClN4/c1-13-9-14(2)17(20)11-16(13)18-12-24-6-3-15(10-19(24)22-18)23-7-4-21-5-8-23/h3,6,9-12,21H,4-5,7-8H2,1-2H3. The van der Waals surface area contributed by atoms with Gasteiger partial charge in [-0.3, -0.25) is 0 Å². The van der Waals surface area contributed by atoms with Crippen molar-refractivity contribution in [2.24, 2.45) is 0 Å². The highest BCUT2D eigenvalue weighted by Gasteiger charge is 2.13. The first-order valence-corrected chi connectivity index (χ1v) is 8.71. The molecule has 0 saturated carbocycles. The minimum atomic E-state index is 0.786. The molecule has 1 aliphatic rings. The first-order valence-electron chi connectivity index (χ1n) is 8.33. The second-order valence-corrected chi connectivity index (χ2v) is 6.84. The lowest BCUT2D eigenvalue weighted by atomic mass is 10.0. The van der Waals surface area contributed by atoms with Crippen molar-refractivity contribution in [2.45, 2.75) is 13.8 Å². The Kier molecular flexibility index (Phi) is 3.94. The summed E-state index contributed by atoms with van der Waals surface area (Å²) in [5, 5.41) is 4.17. The van der Waals surface area contributed by atoms with Crippen LogP contribution in [-0.4, -0.2) is 35.6 Å². The van der Waals surface area contributed by atoms with E-state index in [2.05, 4.69) is 52.1 Å². The van der Waals surface area contributed by atoms with E-state index in [9.17, 15) is 0 Å². The predicted octanol–water partition coefficient (Wildman–Crippen LogP) is 3.68. The van der Waals surface area contributed by atoms with E-state index in [4.69, 9.17) is 16.6 Å². The largest absolute Gasteiger partial charge is 0.369 e. The zero-order chi connectivity index (χ0) is 16.7. The molecule has 0 atom stereocenters. The summed E-state index contributed by atoms with van der Waals surface area (Å²) in [6, 6.07) is 8.47. The molecule has 1 aromatic carbocycles. The smallest absolute Gasteiger partial charge is 0.139 e. The number of imidazole rings is 1. The lowest BCUT2D eigenvalue weighted by Crippen LogP contribution is -2.43. The minimum Gasteiger partial charge on any atom is -0.369 e. The fourth-order valence-electron chi connectivity index (χ4n) is 3.32. The summed E-state index contributed by atoms with van der Waals surface area (Å²) in [5.74, 6) is 0. The Labute approximate surface area is 147 Å². The van der Waals surface area contributed by atoms with Crippen molar-refractivity contribution in [3.8, 4) is 11.3 Å². The molecule has 3 heterocycles. The molecule has 0 bridgehead atoms. The number of pyridine rings is 1. The zero-order valence-electron chi connectivity index (χ0n) is 14.0. The number of halogens is 1. The summed E-state index contributed by atoms with van der Waals surface area (Å²) in [5.41, 5.74) is 6.56. The van der Waals surface area contributed by atoms with E-state index in [0.29, 0.717) is 0 Å². The van der Waals surface area contributed by atoms with Crippen LogP contribution < -0.4 is 10.2 Å². The maximum atomic E-state index is 6.31. The third kappa shape index (κ3) is 2.76. The van der Waals surface area contributed by atoms with E-state index in [0.717, 1.165) is 53.7 Å². The summed E-state index contributed by atoms with van der Waals surface area (Å²) in [7, 11) is 0. The van der Waals surface area contributed by atoms with Crippen LogP contribution in [0.4, 0.5) is 5.69 Å². The second kappa shape index (κ2) is 6.11. The molecule has 0 aliphatic carbocycles. The molecular weight excluding hydrogens is 320 g/mol. The fraction of sp³-hybridized carbons (Fsp3) is 0.316. The molecule has 0 radical (unpaired) electrons. The molecule has 1 saturated heterocycles. The van der Waals surface area contributed by atoms with E-state index in [1.165, 1.54) is 11.3 Å². The van der Waals surface area contributed by atoms with Gasteiger partial charge in [0.1, 0.15) is 5.65 Å². The van der Waals surface area contributed by atoms with Gasteiger partial charge in [0, 0.05) is 60.9 Å². The molecule has 2 aromatic heterocycles. The third-order valence-electron chi connectivity index (χ3n) is 4.71. The van der Waals surface area contributed by atoms with Crippen molar-refractivity contribution in [1.82, 2.24) is 14.7 Å². The van der Waals surface area contributed by atoms with Crippen LogP contribution >= 0.6 is 11.6 Å². The maximum absolute atomic E-state index is 6.31. The SMILES string of the molecule is Cc1cc(C)c(-c2cn3ccc(N4CCNCC4)cc3n2)cc1Cl. The van der Waals surface area contributed by atoms with Gasteiger partial charge in [-0.15, -0.1) is 0 Å². The molecule has 0 spiro atoms. The number of benzene rings is 1. The Balaban J connectivity index is 1.74. The van der Waals surface area contributed by atoms with E-state index in [1.54, 1.807) is 0 Å². The van der Waals surface area contributed by atoms with Gasteiger partial charge in [-0.05, 0) is 37.1 Å². The number of aromatic nitrogens is 2. The average molecular weight is 341 g/mol. The van der Waals surface area contributed by atoms with E-state index >= 15 is 0 Å². The molecule has 24 heavy (non-hydrogen) atoms. The lowest BCUT2D eigenvalue weighted by molar-refractivity contribution is 0.589. The Bertz CT molecular complexity index is 894. The van der Waals surface area contributed by atoms with Crippen LogP contribution in [0.1, 0.15) is 11.1 Å². The van der Waals surface area contributed by atoms with Gasteiger partial charge in [0.2, 0.25) is 0 Å². The number of aryl methyl sites for hydroxylation is 2. The Morgan fingerprint density at radius 3 is 2.67 bits per heavy atom. The highest BCUT2D eigenvalue weighted by Crippen LogP contribution is 2.29. The maximum Gasteiger partial charge on any atom is 0.139 e. The first-order chi connectivity index (χ1) is 11.6. The number of piperazine rings is 1. The molecule has 1 fully saturated rings. The summed E-state index contributed by atoms with van der Waals surface area (Å²) in [4.78, 5) is 7.23. The van der Waals surface area contributed by atoms with Crippen LogP contribution in [0.3, 0.4) is 0 Å².